The standard InChI is InChI=1S/C15H16N2OS/c1-3-11-12-6-4-5-7-13(12)18-14(11)10(2)17-15-16-8-9-19-15/h4-10H,3H2,1-2H3,(H,16,17). The third-order valence-electron chi connectivity index (χ3n) is 3.25. The van der Waals surface area contributed by atoms with Crippen LogP contribution >= 0.6 is 11.3 Å². The molecule has 0 saturated heterocycles. The van der Waals surface area contributed by atoms with Gasteiger partial charge in [0.15, 0.2) is 5.13 Å². The fourth-order valence-corrected chi connectivity index (χ4v) is 2.99. The summed E-state index contributed by atoms with van der Waals surface area (Å²) in [5, 5.41) is 7.50. The molecular weight excluding hydrogens is 256 g/mol. The van der Waals surface area contributed by atoms with Crippen LogP contribution in [0.3, 0.4) is 0 Å². The van der Waals surface area contributed by atoms with Crippen molar-refractivity contribution >= 4 is 27.4 Å². The van der Waals surface area contributed by atoms with Crippen molar-refractivity contribution in [2.24, 2.45) is 0 Å². The van der Waals surface area contributed by atoms with Gasteiger partial charge in [-0.1, -0.05) is 25.1 Å². The minimum atomic E-state index is 0.119. The average molecular weight is 272 g/mol. The number of hydrogen-bond donors (Lipinski definition) is 1. The van der Waals surface area contributed by atoms with Gasteiger partial charge >= 0.3 is 0 Å². The van der Waals surface area contributed by atoms with E-state index >= 15 is 0 Å². The summed E-state index contributed by atoms with van der Waals surface area (Å²) in [6, 6.07) is 8.33. The number of nitrogens with zero attached hydrogens (tertiary/aromatic N) is 1. The van der Waals surface area contributed by atoms with Gasteiger partial charge in [-0.05, 0) is 19.4 Å². The molecule has 0 spiro atoms. The Labute approximate surface area is 116 Å². The summed E-state index contributed by atoms with van der Waals surface area (Å²) >= 11 is 1.60. The predicted molar refractivity (Wildman–Crippen MR) is 79.7 cm³/mol. The molecule has 1 atom stereocenters. The summed E-state index contributed by atoms with van der Waals surface area (Å²) in [6.45, 7) is 4.27. The number of para-hydroxylation sites is 1. The highest BCUT2D eigenvalue weighted by atomic mass is 32.1. The lowest BCUT2D eigenvalue weighted by molar-refractivity contribution is 0.520. The Balaban J connectivity index is 1.99. The van der Waals surface area contributed by atoms with Crippen molar-refractivity contribution in [2.75, 3.05) is 5.32 Å². The van der Waals surface area contributed by atoms with Crippen molar-refractivity contribution in [1.29, 1.82) is 0 Å². The summed E-state index contributed by atoms with van der Waals surface area (Å²) in [6.07, 6.45) is 2.77. The monoisotopic (exact) mass is 272 g/mol. The Morgan fingerprint density at radius 1 is 1.37 bits per heavy atom. The minimum Gasteiger partial charge on any atom is -0.459 e. The first-order chi connectivity index (χ1) is 9.29. The number of rotatable bonds is 4. The van der Waals surface area contributed by atoms with Gasteiger partial charge in [-0.2, -0.15) is 0 Å². The van der Waals surface area contributed by atoms with Crippen LogP contribution in [-0.4, -0.2) is 4.98 Å². The van der Waals surface area contributed by atoms with E-state index in [9.17, 15) is 0 Å². The largest absolute Gasteiger partial charge is 0.459 e. The molecule has 0 aliphatic heterocycles. The van der Waals surface area contributed by atoms with Gasteiger partial charge in [-0.25, -0.2) is 4.98 Å². The Kier molecular flexibility index (Phi) is 3.25. The molecule has 1 N–H and O–H groups in total. The molecule has 3 aromatic rings. The highest BCUT2D eigenvalue weighted by Gasteiger charge is 2.18. The second-order valence-electron chi connectivity index (χ2n) is 4.50. The van der Waals surface area contributed by atoms with Gasteiger partial charge in [-0.15, -0.1) is 11.3 Å². The van der Waals surface area contributed by atoms with Crippen molar-refractivity contribution < 1.29 is 4.42 Å². The molecule has 1 unspecified atom stereocenters. The van der Waals surface area contributed by atoms with Crippen LogP contribution < -0.4 is 5.32 Å². The number of anilines is 1. The summed E-state index contributed by atoms with van der Waals surface area (Å²) in [4.78, 5) is 4.26. The van der Waals surface area contributed by atoms with Gasteiger partial charge in [0.25, 0.3) is 0 Å². The zero-order valence-corrected chi connectivity index (χ0v) is 11.8. The number of fused-ring (bicyclic) bond motifs is 1. The Bertz CT molecular complexity index is 673. The van der Waals surface area contributed by atoms with Crippen LogP contribution in [0.2, 0.25) is 0 Å². The molecule has 98 valence electrons. The molecule has 1 aromatic carbocycles. The number of furan rings is 1. The first kappa shape index (κ1) is 12.2. The highest BCUT2D eigenvalue weighted by Crippen LogP contribution is 2.32. The molecule has 0 bridgehead atoms. The Morgan fingerprint density at radius 3 is 2.95 bits per heavy atom. The molecular formula is C15H16N2OS. The highest BCUT2D eigenvalue weighted by molar-refractivity contribution is 7.13. The molecule has 0 saturated carbocycles. The van der Waals surface area contributed by atoms with Crippen LogP contribution in [0.1, 0.15) is 31.2 Å². The van der Waals surface area contributed by atoms with Gasteiger partial charge in [0.1, 0.15) is 11.3 Å². The topological polar surface area (TPSA) is 38.1 Å². The maximum absolute atomic E-state index is 6.01. The van der Waals surface area contributed by atoms with E-state index in [0.29, 0.717) is 0 Å². The summed E-state index contributed by atoms with van der Waals surface area (Å²) in [7, 11) is 0. The molecule has 19 heavy (non-hydrogen) atoms. The number of aromatic nitrogens is 1. The molecule has 3 rings (SSSR count). The van der Waals surface area contributed by atoms with Crippen molar-refractivity contribution in [2.45, 2.75) is 26.3 Å². The molecule has 3 nitrogen and oxygen atoms in total. The van der Waals surface area contributed by atoms with E-state index < -0.39 is 0 Å². The van der Waals surface area contributed by atoms with E-state index in [4.69, 9.17) is 4.42 Å². The zero-order valence-electron chi connectivity index (χ0n) is 11.0. The second-order valence-corrected chi connectivity index (χ2v) is 5.39. The van der Waals surface area contributed by atoms with E-state index in [0.717, 1.165) is 22.9 Å². The van der Waals surface area contributed by atoms with Crippen LogP contribution in [0.15, 0.2) is 40.3 Å². The van der Waals surface area contributed by atoms with Gasteiger partial charge in [0, 0.05) is 22.5 Å². The predicted octanol–water partition coefficient (Wildman–Crippen LogP) is 4.62. The van der Waals surface area contributed by atoms with Crippen LogP contribution in [-0.2, 0) is 6.42 Å². The maximum Gasteiger partial charge on any atom is 0.183 e. The van der Waals surface area contributed by atoms with E-state index in [1.165, 1.54) is 10.9 Å². The lowest BCUT2D eigenvalue weighted by Crippen LogP contribution is -2.07. The molecule has 4 heteroatoms. The lowest BCUT2D eigenvalue weighted by atomic mass is 10.1. The number of hydrogen-bond acceptors (Lipinski definition) is 4. The van der Waals surface area contributed by atoms with Gasteiger partial charge in [-0.3, -0.25) is 0 Å². The maximum atomic E-state index is 6.01. The normalized spacial score (nSPS) is 12.7. The van der Waals surface area contributed by atoms with Crippen LogP contribution in [0.5, 0.6) is 0 Å². The second kappa shape index (κ2) is 5.05. The van der Waals surface area contributed by atoms with Crippen LogP contribution in [0, 0.1) is 0 Å². The third-order valence-corrected chi connectivity index (χ3v) is 3.95. The molecule has 0 aliphatic carbocycles. The zero-order chi connectivity index (χ0) is 13.2. The Morgan fingerprint density at radius 2 is 2.21 bits per heavy atom. The first-order valence-corrected chi connectivity index (χ1v) is 7.34. The van der Waals surface area contributed by atoms with E-state index in [1.807, 2.05) is 17.5 Å². The number of nitrogens with one attached hydrogen (secondary N) is 1. The fraction of sp³-hybridized carbons (Fsp3) is 0.267. The summed E-state index contributed by atoms with van der Waals surface area (Å²) in [5.74, 6) is 1.01. The lowest BCUT2D eigenvalue weighted by Gasteiger charge is -2.11. The first-order valence-electron chi connectivity index (χ1n) is 6.46. The minimum absolute atomic E-state index is 0.119. The molecule has 2 aromatic heterocycles. The van der Waals surface area contributed by atoms with Crippen molar-refractivity contribution in [3.05, 3.63) is 47.2 Å². The average Bonchev–Trinajstić information content (AvgIpc) is 3.04. The van der Waals surface area contributed by atoms with E-state index in [1.54, 1.807) is 17.5 Å². The van der Waals surface area contributed by atoms with Gasteiger partial charge in [0.05, 0.1) is 6.04 Å². The molecule has 0 aliphatic rings. The quantitative estimate of drug-likeness (QED) is 0.752. The Hall–Kier alpha value is -1.81. The number of thiazole rings is 1. The molecule has 0 amide bonds. The molecule has 0 fully saturated rings. The molecule has 0 radical (unpaired) electrons. The van der Waals surface area contributed by atoms with Crippen molar-refractivity contribution in [3.8, 4) is 0 Å². The van der Waals surface area contributed by atoms with Crippen molar-refractivity contribution in [3.63, 3.8) is 0 Å². The van der Waals surface area contributed by atoms with Crippen molar-refractivity contribution in [1.82, 2.24) is 4.98 Å². The third kappa shape index (κ3) is 2.24. The van der Waals surface area contributed by atoms with Gasteiger partial charge < -0.3 is 9.73 Å². The van der Waals surface area contributed by atoms with E-state index in [-0.39, 0.29) is 6.04 Å². The van der Waals surface area contributed by atoms with Crippen LogP contribution in [0.4, 0.5) is 5.13 Å². The number of benzene rings is 1. The van der Waals surface area contributed by atoms with E-state index in [2.05, 4.69) is 36.3 Å². The SMILES string of the molecule is CCc1c(C(C)Nc2nccs2)oc2ccccc12. The summed E-state index contributed by atoms with van der Waals surface area (Å²) < 4.78 is 6.01. The smallest absolute Gasteiger partial charge is 0.183 e. The van der Waals surface area contributed by atoms with Gasteiger partial charge in [0.2, 0.25) is 0 Å². The van der Waals surface area contributed by atoms with Crippen LogP contribution in [0.25, 0.3) is 11.0 Å². The number of aryl methyl sites for hydroxylation is 1. The summed E-state index contributed by atoms with van der Waals surface area (Å²) in [5.41, 5.74) is 2.24. The fourth-order valence-electron chi connectivity index (χ4n) is 2.38. The molecule has 2 heterocycles.